The first-order valence-corrected chi connectivity index (χ1v) is 6.28. The van der Waals surface area contributed by atoms with E-state index in [1.807, 2.05) is 26.0 Å². The number of hydrogen-bond acceptors (Lipinski definition) is 3. The van der Waals surface area contributed by atoms with Crippen LogP contribution in [0.15, 0.2) is 24.3 Å². The van der Waals surface area contributed by atoms with Crippen LogP contribution < -0.4 is 5.32 Å². The zero-order chi connectivity index (χ0) is 13.1. The van der Waals surface area contributed by atoms with Gasteiger partial charge < -0.3 is 5.32 Å². The normalized spacial score (nSPS) is 10.4. The van der Waals surface area contributed by atoms with E-state index in [4.69, 9.17) is 4.98 Å². The Morgan fingerprint density at radius 3 is 2.33 bits per heavy atom. The van der Waals surface area contributed by atoms with Gasteiger partial charge in [-0.2, -0.15) is 0 Å². The number of nitrogens with one attached hydrogen (secondary N) is 1. The number of hydrogen-bond donors (Lipinski definition) is 1. The molecule has 0 fully saturated rings. The van der Waals surface area contributed by atoms with Gasteiger partial charge in [0.2, 0.25) is 0 Å². The Morgan fingerprint density at radius 1 is 1.00 bits per heavy atom. The molecule has 0 spiro atoms. The Hall–Kier alpha value is -1.90. The molecule has 1 heterocycles. The Kier molecular flexibility index (Phi) is 3.60. The highest BCUT2D eigenvalue weighted by Crippen LogP contribution is 2.27. The van der Waals surface area contributed by atoms with Crippen molar-refractivity contribution < 1.29 is 0 Å². The summed E-state index contributed by atoms with van der Waals surface area (Å²) in [6.07, 6.45) is 0. The molecule has 0 amide bonds. The van der Waals surface area contributed by atoms with Gasteiger partial charge in [-0.25, -0.2) is 9.97 Å². The summed E-state index contributed by atoms with van der Waals surface area (Å²) in [5.74, 6) is 0.870. The molecular formula is C15H19N3. The first kappa shape index (κ1) is 12.6. The summed E-state index contributed by atoms with van der Waals surface area (Å²) in [4.78, 5) is 9.30. The second-order valence-corrected chi connectivity index (χ2v) is 4.44. The molecule has 3 heteroatoms. The van der Waals surface area contributed by atoms with Crippen LogP contribution in [0.1, 0.15) is 23.9 Å². The average molecular weight is 241 g/mol. The highest BCUT2D eigenvalue weighted by molar-refractivity contribution is 5.74. The molecule has 0 saturated carbocycles. The number of nitrogens with zero attached hydrogens (tertiary/aromatic N) is 2. The lowest BCUT2D eigenvalue weighted by Gasteiger charge is -2.13. The van der Waals surface area contributed by atoms with Gasteiger partial charge in [-0.05, 0) is 33.3 Å². The summed E-state index contributed by atoms with van der Waals surface area (Å²) in [5.41, 5.74) is 5.26. The van der Waals surface area contributed by atoms with Gasteiger partial charge in [-0.3, -0.25) is 0 Å². The summed E-state index contributed by atoms with van der Waals surface area (Å²) in [7, 11) is 0. The predicted octanol–water partition coefficient (Wildman–Crippen LogP) is 3.50. The minimum atomic E-state index is 0.843. The molecule has 3 nitrogen and oxygen atoms in total. The highest BCUT2D eigenvalue weighted by Gasteiger charge is 2.12. The summed E-state index contributed by atoms with van der Waals surface area (Å²) in [6.45, 7) is 9.00. The van der Waals surface area contributed by atoms with Gasteiger partial charge in [0.1, 0.15) is 5.69 Å². The Morgan fingerprint density at radius 2 is 1.67 bits per heavy atom. The third-order valence-electron chi connectivity index (χ3n) is 3.05. The fourth-order valence-corrected chi connectivity index (χ4v) is 1.92. The fourth-order valence-electron chi connectivity index (χ4n) is 1.92. The number of anilines is 1. The van der Waals surface area contributed by atoms with Crippen molar-refractivity contribution in [3.63, 3.8) is 0 Å². The van der Waals surface area contributed by atoms with Crippen LogP contribution >= 0.6 is 0 Å². The standard InChI is InChI=1S/C15H19N3/c1-5-16-15-14(17-11(3)12(4)18-15)13-9-7-6-8-10(13)2/h6-9H,5H2,1-4H3,(H,16,18). The molecule has 0 atom stereocenters. The molecule has 2 aromatic rings. The maximum absolute atomic E-state index is 4.70. The first-order valence-electron chi connectivity index (χ1n) is 6.28. The van der Waals surface area contributed by atoms with Gasteiger partial charge in [0.25, 0.3) is 0 Å². The van der Waals surface area contributed by atoms with Gasteiger partial charge in [0.15, 0.2) is 5.82 Å². The molecule has 0 saturated heterocycles. The molecule has 1 N–H and O–H groups in total. The van der Waals surface area contributed by atoms with Crippen LogP contribution in [-0.4, -0.2) is 16.5 Å². The topological polar surface area (TPSA) is 37.8 Å². The molecule has 0 unspecified atom stereocenters. The van der Waals surface area contributed by atoms with E-state index in [9.17, 15) is 0 Å². The van der Waals surface area contributed by atoms with Crippen molar-refractivity contribution in [2.24, 2.45) is 0 Å². The second kappa shape index (κ2) is 5.17. The molecular weight excluding hydrogens is 222 g/mol. The molecule has 1 aromatic heterocycles. The van der Waals surface area contributed by atoms with Crippen LogP contribution in [0.25, 0.3) is 11.3 Å². The summed E-state index contributed by atoms with van der Waals surface area (Å²) < 4.78 is 0. The van der Waals surface area contributed by atoms with Crippen molar-refractivity contribution >= 4 is 5.82 Å². The van der Waals surface area contributed by atoms with Crippen molar-refractivity contribution in [3.05, 3.63) is 41.2 Å². The van der Waals surface area contributed by atoms with E-state index in [0.717, 1.165) is 35.0 Å². The largest absolute Gasteiger partial charge is 0.369 e. The van der Waals surface area contributed by atoms with Crippen LogP contribution in [-0.2, 0) is 0 Å². The van der Waals surface area contributed by atoms with Crippen LogP contribution in [0.3, 0.4) is 0 Å². The molecule has 0 radical (unpaired) electrons. The maximum atomic E-state index is 4.70. The molecule has 0 bridgehead atoms. The minimum Gasteiger partial charge on any atom is -0.369 e. The van der Waals surface area contributed by atoms with E-state index >= 15 is 0 Å². The average Bonchev–Trinajstić information content (AvgIpc) is 2.35. The highest BCUT2D eigenvalue weighted by atomic mass is 15.0. The van der Waals surface area contributed by atoms with Gasteiger partial charge in [0.05, 0.1) is 11.4 Å². The van der Waals surface area contributed by atoms with Crippen LogP contribution in [0.5, 0.6) is 0 Å². The van der Waals surface area contributed by atoms with Crippen molar-refractivity contribution in [2.75, 3.05) is 11.9 Å². The minimum absolute atomic E-state index is 0.843. The van der Waals surface area contributed by atoms with Gasteiger partial charge in [-0.15, -0.1) is 0 Å². The van der Waals surface area contributed by atoms with Crippen molar-refractivity contribution in [2.45, 2.75) is 27.7 Å². The Labute approximate surface area is 108 Å². The second-order valence-electron chi connectivity index (χ2n) is 4.44. The lowest BCUT2D eigenvalue weighted by atomic mass is 10.1. The molecule has 1 aromatic carbocycles. The van der Waals surface area contributed by atoms with Gasteiger partial charge >= 0.3 is 0 Å². The third kappa shape index (κ3) is 2.35. The van der Waals surface area contributed by atoms with E-state index in [-0.39, 0.29) is 0 Å². The SMILES string of the molecule is CCNc1nc(C)c(C)nc1-c1ccccc1C. The molecule has 0 aliphatic rings. The van der Waals surface area contributed by atoms with Crippen molar-refractivity contribution in [1.29, 1.82) is 0 Å². The summed E-state index contributed by atoms with van der Waals surface area (Å²) in [5, 5.41) is 3.30. The fraction of sp³-hybridized carbons (Fsp3) is 0.333. The first-order chi connectivity index (χ1) is 8.63. The molecule has 94 valence electrons. The van der Waals surface area contributed by atoms with E-state index in [1.165, 1.54) is 5.56 Å². The van der Waals surface area contributed by atoms with E-state index in [0.29, 0.717) is 0 Å². The molecule has 18 heavy (non-hydrogen) atoms. The lowest BCUT2D eigenvalue weighted by Crippen LogP contribution is -2.06. The van der Waals surface area contributed by atoms with Crippen LogP contribution in [0, 0.1) is 20.8 Å². The Balaban J connectivity index is 2.62. The number of aromatic nitrogens is 2. The Bertz CT molecular complexity index is 562. The van der Waals surface area contributed by atoms with E-state index in [2.05, 4.69) is 36.3 Å². The smallest absolute Gasteiger partial charge is 0.152 e. The third-order valence-corrected chi connectivity index (χ3v) is 3.05. The number of benzene rings is 1. The zero-order valence-electron chi connectivity index (χ0n) is 11.4. The quantitative estimate of drug-likeness (QED) is 0.893. The monoisotopic (exact) mass is 241 g/mol. The number of rotatable bonds is 3. The number of aryl methyl sites for hydroxylation is 3. The zero-order valence-corrected chi connectivity index (χ0v) is 11.4. The molecule has 0 aliphatic carbocycles. The van der Waals surface area contributed by atoms with Crippen LogP contribution in [0.4, 0.5) is 5.82 Å². The maximum Gasteiger partial charge on any atom is 0.152 e. The van der Waals surface area contributed by atoms with Crippen molar-refractivity contribution in [3.8, 4) is 11.3 Å². The van der Waals surface area contributed by atoms with E-state index in [1.54, 1.807) is 0 Å². The molecule has 2 rings (SSSR count). The predicted molar refractivity (Wildman–Crippen MR) is 75.8 cm³/mol. The van der Waals surface area contributed by atoms with E-state index < -0.39 is 0 Å². The summed E-state index contributed by atoms with van der Waals surface area (Å²) in [6, 6.07) is 8.27. The lowest BCUT2D eigenvalue weighted by molar-refractivity contribution is 1.03. The van der Waals surface area contributed by atoms with Crippen LogP contribution in [0.2, 0.25) is 0 Å². The summed E-state index contributed by atoms with van der Waals surface area (Å²) >= 11 is 0. The van der Waals surface area contributed by atoms with Gasteiger partial charge in [0, 0.05) is 12.1 Å². The molecule has 0 aliphatic heterocycles. The van der Waals surface area contributed by atoms with Gasteiger partial charge in [-0.1, -0.05) is 24.3 Å². The van der Waals surface area contributed by atoms with Crippen molar-refractivity contribution in [1.82, 2.24) is 9.97 Å².